The van der Waals surface area contributed by atoms with Gasteiger partial charge in [-0.1, -0.05) is 12.1 Å². The first-order valence-corrected chi connectivity index (χ1v) is 8.63. The second kappa shape index (κ2) is 6.20. The Morgan fingerprint density at radius 3 is 2.88 bits per heavy atom. The average molecular weight is 342 g/mol. The lowest BCUT2D eigenvalue weighted by molar-refractivity contribution is -0.128. The molecule has 0 radical (unpaired) electrons. The van der Waals surface area contributed by atoms with Crippen LogP contribution in [-0.2, 0) is 11.3 Å². The Labute approximate surface area is 142 Å². The Hall–Kier alpha value is -2.47. The van der Waals surface area contributed by atoms with E-state index >= 15 is 0 Å². The number of furan rings is 1. The zero-order valence-corrected chi connectivity index (χ0v) is 13.6. The molecule has 4 rings (SSSR count). The first kappa shape index (κ1) is 15.1. The molecule has 1 fully saturated rings. The molecular formula is C18H15FN2O2S. The van der Waals surface area contributed by atoms with Gasteiger partial charge in [-0.15, -0.1) is 11.8 Å². The summed E-state index contributed by atoms with van der Waals surface area (Å²) in [7, 11) is 0. The zero-order valence-electron chi connectivity index (χ0n) is 12.8. The van der Waals surface area contributed by atoms with Gasteiger partial charge in [-0.3, -0.25) is 4.79 Å². The lowest BCUT2D eigenvalue weighted by Crippen LogP contribution is -2.27. The van der Waals surface area contributed by atoms with Crippen LogP contribution in [0.4, 0.5) is 4.39 Å². The Morgan fingerprint density at radius 2 is 2.08 bits per heavy atom. The summed E-state index contributed by atoms with van der Waals surface area (Å²) in [5.74, 6) is 1.00. The maximum atomic E-state index is 13.9. The fourth-order valence-electron chi connectivity index (χ4n) is 2.84. The summed E-state index contributed by atoms with van der Waals surface area (Å²) < 4.78 is 21.1. The number of benzene rings is 1. The Bertz CT molecular complexity index is 860. The van der Waals surface area contributed by atoms with Gasteiger partial charge >= 0.3 is 0 Å². The molecule has 122 valence electrons. The molecule has 4 nitrogen and oxygen atoms in total. The molecule has 0 saturated carbocycles. The molecule has 0 spiro atoms. The normalized spacial score (nSPS) is 17.6. The lowest BCUT2D eigenvalue weighted by atomic mass is 10.3. The molecule has 1 saturated heterocycles. The predicted octanol–water partition coefficient (Wildman–Crippen LogP) is 3.98. The number of nitrogens with zero attached hydrogens (tertiary/aromatic N) is 2. The van der Waals surface area contributed by atoms with E-state index < -0.39 is 0 Å². The lowest BCUT2D eigenvalue weighted by Gasteiger charge is -2.22. The second-order valence-corrected chi connectivity index (χ2v) is 6.64. The molecule has 24 heavy (non-hydrogen) atoms. The zero-order chi connectivity index (χ0) is 16.5. The molecule has 1 aromatic carbocycles. The number of hydrogen-bond donors (Lipinski definition) is 0. The third-order valence-electron chi connectivity index (χ3n) is 4.01. The number of amides is 1. The number of carbonyl (C=O) groups excluding carboxylic acids is 1. The fraction of sp³-hybridized carbons (Fsp3) is 0.167. The van der Waals surface area contributed by atoms with E-state index in [1.807, 2.05) is 30.6 Å². The minimum atomic E-state index is -0.276. The number of thioether (sulfide) groups is 1. The van der Waals surface area contributed by atoms with Crippen molar-refractivity contribution in [2.75, 3.05) is 5.75 Å². The molecule has 0 N–H and O–H groups in total. The van der Waals surface area contributed by atoms with Crippen LogP contribution in [-0.4, -0.2) is 21.1 Å². The van der Waals surface area contributed by atoms with Crippen molar-refractivity contribution in [1.82, 2.24) is 9.47 Å². The van der Waals surface area contributed by atoms with Gasteiger partial charge in [0.1, 0.15) is 17.0 Å². The van der Waals surface area contributed by atoms with Gasteiger partial charge in [0.05, 0.1) is 24.2 Å². The van der Waals surface area contributed by atoms with E-state index in [0.717, 1.165) is 11.3 Å². The highest BCUT2D eigenvalue weighted by atomic mass is 32.2. The van der Waals surface area contributed by atoms with Crippen LogP contribution in [0.1, 0.15) is 16.7 Å². The van der Waals surface area contributed by atoms with Crippen molar-refractivity contribution < 1.29 is 13.6 Å². The molecular weight excluding hydrogens is 327 g/mol. The van der Waals surface area contributed by atoms with E-state index in [1.54, 1.807) is 45.7 Å². The SMILES string of the molecule is O=C1CS[C@@H](c2ccn(-c3ccccc3F)c2)N1Cc1ccco1. The van der Waals surface area contributed by atoms with Gasteiger partial charge in [-0.25, -0.2) is 4.39 Å². The van der Waals surface area contributed by atoms with Crippen LogP contribution in [0.3, 0.4) is 0 Å². The summed E-state index contributed by atoms with van der Waals surface area (Å²) in [6, 6.07) is 12.2. The smallest absolute Gasteiger partial charge is 0.234 e. The molecule has 1 aliphatic heterocycles. The van der Waals surface area contributed by atoms with Gasteiger partial charge < -0.3 is 13.9 Å². The van der Waals surface area contributed by atoms with E-state index in [-0.39, 0.29) is 17.1 Å². The Morgan fingerprint density at radius 1 is 1.21 bits per heavy atom. The number of aromatic nitrogens is 1. The molecule has 3 heterocycles. The van der Waals surface area contributed by atoms with E-state index in [4.69, 9.17) is 4.42 Å². The van der Waals surface area contributed by atoms with Gasteiger partial charge in [0.25, 0.3) is 0 Å². The van der Waals surface area contributed by atoms with Crippen molar-refractivity contribution in [2.45, 2.75) is 11.9 Å². The summed E-state index contributed by atoms with van der Waals surface area (Å²) in [6.07, 6.45) is 5.30. The highest BCUT2D eigenvalue weighted by Gasteiger charge is 2.33. The van der Waals surface area contributed by atoms with Crippen LogP contribution in [0.25, 0.3) is 5.69 Å². The van der Waals surface area contributed by atoms with Crippen LogP contribution < -0.4 is 0 Å². The molecule has 1 aliphatic rings. The summed E-state index contributed by atoms with van der Waals surface area (Å²) in [5.41, 5.74) is 1.47. The molecule has 3 aromatic rings. The fourth-order valence-corrected chi connectivity index (χ4v) is 4.01. The van der Waals surface area contributed by atoms with Crippen molar-refractivity contribution in [3.63, 3.8) is 0 Å². The van der Waals surface area contributed by atoms with Crippen LogP contribution >= 0.6 is 11.8 Å². The molecule has 0 bridgehead atoms. The maximum absolute atomic E-state index is 13.9. The third-order valence-corrected chi connectivity index (χ3v) is 5.26. The van der Waals surface area contributed by atoms with Gasteiger partial charge in [-0.05, 0) is 30.3 Å². The van der Waals surface area contributed by atoms with Crippen molar-refractivity contribution in [2.24, 2.45) is 0 Å². The van der Waals surface area contributed by atoms with E-state index in [9.17, 15) is 9.18 Å². The van der Waals surface area contributed by atoms with Crippen molar-refractivity contribution in [1.29, 1.82) is 0 Å². The predicted molar refractivity (Wildman–Crippen MR) is 90.2 cm³/mol. The largest absolute Gasteiger partial charge is 0.467 e. The van der Waals surface area contributed by atoms with Crippen molar-refractivity contribution in [3.8, 4) is 5.69 Å². The average Bonchev–Trinajstić information content (AvgIpc) is 3.31. The van der Waals surface area contributed by atoms with E-state index in [0.29, 0.717) is 18.0 Å². The molecule has 2 aromatic heterocycles. The number of para-hydroxylation sites is 1. The summed E-state index contributed by atoms with van der Waals surface area (Å²) >= 11 is 1.57. The summed E-state index contributed by atoms with van der Waals surface area (Å²) in [6.45, 7) is 0.439. The standard InChI is InChI=1S/C18H15FN2O2S/c19-15-5-1-2-6-16(15)20-8-7-13(10-20)18-21(17(22)12-24-18)11-14-4-3-9-23-14/h1-10,18H,11-12H2/t18-/m0/s1. The first-order chi connectivity index (χ1) is 11.7. The first-order valence-electron chi connectivity index (χ1n) is 7.58. The molecule has 0 unspecified atom stereocenters. The van der Waals surface area contributed by atoms with E-state index in [2.05, 4.69) is 0 Å². The van der Waals surface area contributed by atoms with Crippen LogP contribution in [0.15, 0.2) is 65.5 Å². The number of carbonyl (C=O) groups is 1. The molecule has 6 heteroatoms. The van der Waals surface area contributed by atoms with Gasteiger partial charge in [0.2, 0.25) is 5.91 Å². The summed E-state index contributed by atoms with van der Waals surface area (Å²) in [5, 5.41) is -0.0874. The van der Waals surface area contributed by atoms with Crippen LogP contribution in [0.2, 0.25) is 0 Å². The minimum absolute atomic E-state index is 0.0834. The summed E-state index contributed by atoms with van der Waals surface area (Å²) in [4.78, 5) is 14.0. The van der Waals surface area contributed by atoms with E-state index in [1.165, 1.54) is 6.07 Å². The Kier molecular flexibility index (Phi) is 3.90. The van der Waals surface area contributed by atoms with Crippen molar-refractivity contribution >= 4 is 17.7 Å². The third kappa shape index (κ3) is 2.73. The quantitative estimate of drug-likeness (QED) is 0.720. The second-order valence-electron chi connectivity index (χ2n) is 5.57. The minimum Gasteiger partial charge on any atom is -0.467 e. The number of hydrogen-bond acceptors (Lipinski definition) is 3. The Balaban J connectivity index is 1.61. The van der Waals surface area contributed by atoms with Gasteiger partial charge in [-0.2, -0.15) is 0 Å². The van der Waals surface area contributed by atoms with Crippen LogP contribution in [0, 0.1) is 5.82 Å². The highest BCUT2D eigenvalue weighted by Crippen LogP contribution is 2.40. The number of rotatable bonds is 4. The molecule has 1 atom stereocenters. The maximum Gasteiger partial charge on any atom is 0.234 e. The van der Waals surface area contributed by atoms with Crippen molar-refractivity contribution in [3.05, 3.63) is 78.3 Å². The number of halogens is 1. The van der Waals surface area contributed by atoms with Gasteiger partial charge in [0.15, 0.2) is 0 Å². The molecule has 1 amide bonds. The topological polar surface area (TPSA) is 38.4 Å². The monoisotopic (exact) mass is 342 g/mol. The highest BCUT2D eigenvalue weighted by molar-refractivity contribution is 8.00. The van der Waals surface area contributed by atoms with Gasteiger partial charge in [0, 0.05) is 18.0 Å². The molecule has 0 aliphatic carbocycles. The van der Waals surface area contributed by atoms with Crippen LogP contribution in [0.5, 0.6) is 0 Å².